The number of carboxylic acid groups (broad SMARTS) is 1. The van der Waals surface area contributed by atoms with Gasteiger partial charge < -0.3 is 10.8 Å². The summed E-state index contributed by atoms with van der Waals surface area (Å²) in [6.45, 7) is 3.79. The molecule has 2 amide bonds. The lowest BCUT2D eigenvalue weighted by atomic mass is 9.72. The molecule has 2 aliphatic heterocycles. The molecule has 172 valence electrons. The van der Waals surface area contributed by atoms with Gasteiger partial charge in [-0.15, -0.1) is 0 Å². The highest BCUT2D eigenvalue weighted by atomic mass is 16.4. The zero-order valence-corrected chi connectivity index (χ0v) is 18.6. The normalized spacial score (nSPS) is 27.5. The predicted octanol–water partition coefficient (Wildman–Crippen LogP) is 2.29. The molecule has 0 spiro atoms. The summed E-state index contributed by atoms with van der Waals surface area (Å²) in [6.07, 6.45) is 0.526. The SMILES string of the molecule is CCC(C)C1(C(=O)O)NC(c2ccc(C(=N)N)cc2)C2C(=O)N(Cc3ccccc3)C(=O)C21. The van der Waals surface area contributed by atoms with E-state index in [1.807, 2.05) is 37.3 Å². The van der Waals surface area contributed by atoms with E-state index < -0.39 is 41.2 Å². The summed E-state index contributed by atoms with van der Waals surface area (Å²) in [4.78, 5) is 41.1. The number of nitrogens with two attached hydrogens (primary N) is 1. The Kier molecular flexibility index (Phi) is 5.80. The van der Waals surface area contributed by atoms with Crippen molar-refractivity contribution in [2.75, 3.05) is 0 Å². The van der Waals surface area contributed by atoms with Crippen LogP contribution >= 0.6 is 0 Å². The first-order valence-corrected chi connectivity index (χ1v) is 11.1. The summed E-state index contributed by atoms with van der Waals surface area (Å²) in [5, 5.41) is 21.2. The molecule has 0 bridgehead atoms. The molecule has 5 N–H and O–H groups in total. The molecular formula is C25H28N4O4. The summed E-state index contributed by atoms with van der Waals surface area (Å²) in [5.41, 5.74) is 6.01. The van der Waals surface area contributed by atoms with E-state index in [4.69, 9.17) is 11.1 Å². The van der Waals surface area contributed by atoms with Crippen molar-refractivity contribution in [3.05, 3.63) is 71.3 Å². The van der Waals surface area contributed by atoms with E-state index in [0.29, 0.717) is 17.5 Å². The zero-order chi connectivity index (χ0) is 23.9. The number of fused-ring (bicyclic) bond motifs is 1. The topological polar surface area (TPSA) is 137 Å². The molecule has 33 heavy (non-hydrogen) atoms. The standard InChI is InChI=1S/C25H28N4O4/c1-3-14(2)25(24(32)33)19-18(20(28-25)16-9-11-17(12-10-16)21(26)27)22(30)29(23(19)31)13-15-7-5-4-6-8-15/h4-12,14,18-20,28H,3,13H2,1-2H3,(H3,26,27)(H,32,33). The fourth-order valence-corrected chi connectivity index (χ4v) is 5.26. The fraction of sp³-hybridized carbons (Fsp3) is 0.360. The number of nitrogens with zero attached hydrogens (tertiary/aromatic N) is 1. The Bertz CT molecular complexity index is 1100. The highest BCUT2D eigenvalue weighted by Gasteiger charge is 2.69. The molecular weight excluding hydrogens is 420 g/mol. The van der Waals surface area contributed by atoms with Crippen LogP contribution < -0.4 is 11.1 Å². The Balaban J connectivity index is 1.80. The molecule has 2 aromatic rings. The number of rotatable bonds is 7. The fourth-order valence-electron chi connectivity index (χ4n) is 5.26. The van der Waals surface area contributed by atoms with Crippen molar-refractivity contribution >= 4 is 23.6 Å². The van der Waals surface area contributed by atoms with Gasteiger partial charge in [-0.25, -0.2) is 0 Å². The molecule has 0 aliphatic carbocycles. The first-order chi connectivity index (χ1) is 15.7. The van der Waals surface area contributed by atoms with Crippen LogP contribution in [0.1, 0.15) is 43.0 Å². The number of nitrogen functional groups attached to an aromatic ring is 1. The Labute approximate surface area is 192 Å². The minimum absolute atomic E-state index is 0.0838. The summed E-state index contributed by atoms with van der Waals surface area (Å²) in [5.74, 6) is -4.28. The van der Waals surface area contributed by atoms with E-state index in [-0.39, 0.29) is 18.3 Å². The number of nitrogens with one attached hydrogen (secondary N) is 2. The van der Waals surface area contributed by atoms with Gasteiger partial charge in [-0.3, -0.25) is 30.0 Å². The van der Waals surface area contributed by atoms with Gasteiger partial charge in [-0.2, -0.15) is 0 Å². The maximum absolute atomic E-state index is 13.6. The molecule has 2 aliphatic rings. The molecule has 0 saturated carbocycles. The van der Waals surface area contributed by atoms with Crippen LogP contribution in [0.4, 0.5) is 0 Å². The minimum atomic E-state index is -1.57. The largest absolute Gasteiger partial charge is 0.480 e. The molecule has 0 aromatic heterocycles. The van der Waals surface area contributed by atoms with Gasteiger partial charge in [0.05, 0.1) is 18.4 Å². The molecule has 0 radical (unpaired) electrons. The van der Waals surface area contributed by atoms with Gasteiger partial charge in [0, 0.05) is 11.6 Å². The molecule has 8 heteroatoms. The molecule has 2 saturated heterocycles. The van der Waals surface area contributed by atoms with Crippen LogP contribution in [0, 0.1) is 23.2 Å². The van der Waals surface area contributed by atoms with Crippen molar-refractivity contribution in [2.45, 2.75) is 38.4 Å². The van der Waals surface area contributed by atoms with E-state index in [0.717, 1.165) is 5.56 Å². The van der Waals surface area contributed by atoms with Crippen LogP contribution in [0.2, 0.25) is 0 Å². The highest BCUT2D eigenvalue weighted by molar-refractivity contribution is 6.09. The van der Waals surface area contributed by atoms with E-state index >= 15 is 0 Å². The maximum atomic E-state index is 13.6. The maximum Gasteiger partial charge on any atom is 0.325 e. The second kappa shape index (κ2) is 8.44. The van der Waals surface area contributed by atoms with Crippen LogP contribution in [0.5, 0.6) is 0 Å². The third-order valence-corrected chi connectivity index (χ3v) is 7.19. The number of carboxylic acids is 1. The van der Waals surface area contributed by atoms with Crippen LogP contribution in [0.25, 0.3) is 0 Å². The van der Waals surface area contributed by atoms with E-state index in [9.17, 15) is 19.5 Å². The number of carbonyl (C=O) groups excluding carboxylic acids is 2. The molecule has 2 fully saturated rings. The lowest BCUT2D eigenvalue weighted by molar-refractivity contribution is -0.154. The van der Waals surface area contributed by atoms with E-state index in [2.05, 4.69) is 5.32 Å². The van der Waals surface area contributed by atoms with Crippen molar-refractivity contribution < 1.29 is 19.5 Å². The summed E-state index contributed by atoms with van der Waals surface area (Å²) < 4.78 is 0. The molecule has 8 nitrogen and oxygen atoms in total. The molecule has 2 heterocycles. The zero-order valence-electron chi connectivity index (χ0n) is 18.6. The number of imide groups is 1. The number of carbonyl (C=O) groups is 3. The Morgan fingerprint density at radius 3 is 2.33 bits per heavy atom. The van der Waals surface area contributed by atoms with Crippen molar-refractivity contribution in [1.82, 2.24) is 10.2 Å². The summed E-state index contributed by atoms with van der Waals surface area (Å²) in [7, 11) is 0. The lowest BCUT2D eigenvalue weighted by Crippen LogP contribution is -2.59. The van der Waals surface area contributed by atoms with Crippen molar-refractivity contribution in [3.8, 4) is 0 Å². The monoisotopic (exact) mass is 448 g/mol. The highest BCUT2D eigenvalue weighted by Crippen LogP contribution is 2.52. The van der Waals surface area contributed by atoms with Crippen molar-refractivity contribution in [1.29, 1.82) is 5.41 Å². The average Bonchev–Trinajstić information content (AvgIpc) is 3.30. The van der Waals surface area contributed by atoms with Crippen LogP contribution in [0.15, 0.2) is 54.6 Å². The number of amides is 2. The third kappa shape index (κ3) is 3.51. The molecule has 2 aromatic carbocycles. The number of hydrogen-bond acceptors (Lipinski definition) is 5. The van der Waals surface area contributed by atoms with Crippen LogP contribution in [-0.4, -0.2) is 39.2 Å². The second-order valence-corrected chi connectivity index (χ2v) is 8.89. The quantitative estimate of drug-likeness (QED) is 0.291. The first-order valence-electron chi connectivity index (χ1n) is 11.1. The van der Waals surface area contributed by atoms with Gasteiger partial charge in [0.25, 0.3) is 0 Å². The van der Waals surface area contributed by atoms with Crippen molar-refractivity contribution in [3.63, 3.8) is 0 Å². The summed E-state index contributed by atoms with van der Waals surface area (Å²) >= 11 is 0. The second-order valence-electron chi connectivity index (χ2n) is 8.89. The lowest BCUT2D eigenvalue weighted by Gasteiger charge is -2.36. The van der Waals surface area contributed by atoms with Crippen LogP contribution in [0.3, 0.4) is 0 Å². The van der Waals surface area contributed by atoms with Gasteiger partial charge >= 0.3 is 5.97 Å². The predicted molar refractivity (Wildman–Crippen MR) is 122 cm³/mol. The van der Waals surface area contributed by atoms with Gasteiger partial charge in [0.15, 0.2) is 0 Å². The van der Waals surface area contributed by atoms with Gasteiger partial charge in [-0.1, -0.05) is 74.9 Å². The average molecular weight is 449 g/mol. The Morgan fingerprint density at radius 2 is 1.79 bits per heavy atom. The third-order valence-electron chi connectivity index (χ3n) is 7.19. The number of benzene rings is 2. The van der Waals surface area contributed by atoms with Gasteiger partial charge in [-0.05, 0) is 17.0 Å². The summed E-state index contributed by atoms with van der Waals surface area (Å²) in [6, 6.07) is 15.4. The number of hydrogen-bond donors (Lipinski definition) is 4. The molecule has 4 rings (SSSR count). The van der Waals surface area contributed by atoms with E-state index in [1.165, 1.54) is 4.90 Å². The Hall–Kier alpha value is -3.52. The smallest absolute Gasteiger partial charge is 0.325 e. The number of aliphatic carboxylic acids is 1. The molecule has 5 atom stereocenters. The van der Waals surface area contributed by atoms with Gasteiger partial charge in [0.1, 0.15) is 11.4 Å². The van der Waals surface area contributed by atoms with Crippen LogP contribution in [-0.2, 0) is 20.9 Å². The Morgan fingerprint density at radius 1 is 1.15 bits per heavy atom. The minimum Gasteiger partial charge on any atom is -0.480 e. The van der Waals surface area contributed by atoms with Crippen molar-refractivity contribution in [2.24, 2.45) is 23.5 Å². The van der Waals surface area contributed by atoms with E-state index in [1.54, 1.807) is 31.2 Å². The van der Waals surface area contributed by atoms with Gasteiger partial charge in [0.2, 0.25) is 11.8 Å². The molecule has 5 unspecified atom stereocenters. The number of likely N-dealkylation sites (tertiary alicyclic amines) is 1. The first kappa shape index (κ1) is 22.7. The number of amidine groups is 1.